The summed E-state index contributed by atoms with van der Waals surface area (Å²) in [5.74, 6) is 1.78. The summed E-state index contributed by atoms with van der Waals surface area (Å²) in [6.45, 7) is 10.9. The van der Waals surface area contributed by atoms with Gasteiger partial charge in [-0.05, 0) is 51.0 Å². The Morgan fingerprint density at radius 1 is 1.20 bits per heavy atom. The first kappa shape index (κ1) is 22.9. The molecule has 0 saturated heterocycles. The highest BCUT2D eigenvalue weighted by molar-refractivity contribution is 5.82. The van der Waals surface area contributed by atoms with Crippen LogP contribution in [0.15, 0.2) is 36.0 Å². The molecule has 1 N–H and O–H groups in total. The zero-order valence-electron chi connectivity index (χ0n) is 18.0. The maximum absolute atomic E-state index is 9.53. The van der Waals surface area contributed by atoms with Crippen molar-refractivity contribution in [2.24, 2.45) is 5.10 Å². The van der Waals surface area contributed by atoms with Gasteiger partial charge >= 0.3 is 0 Å². The summed E-state index contributed by atoms with van der Waals surface area (Å²) in [6.07, 6.45) is 4.12. The number of nitrogens with zero attached hydrogens (tertiary/aromatic N) is 3. The maximum atomic E-state index is 9.53. The molecule has 0 bridgehead atoms. The number of aryl methyl sites for hydroxylation is 1. The van der Waals surface area contributed by atoms with E-state index in [-0.39, 0.29) is 0 Å². The Morgan fingerprint density at radius 3 is 2.60 bits per heavy atom. The quantitative estimate of drug-likeness (QED) is 0.337. The number of rotatable bonds is 11. The molecule has 1 aromatic heterocycles. The number of allylic oxidation sites excluding steroid dienone is 1. The number of aromatic nitrogens is 1. The lowest BCUT2D eigenvalue weighted by Crippen LogP contribution is -2.04. The molecule has 2 aromatic rings. The Hall–Kier alpha value is -3.37. The summed E-state index contributed by atoms with van der Waals surface area (Å²) in [6, 6.07) is 7.85. The van der Waals surface area contributed by atoms with Crippen LogP contribution in [0.4, 0.5) is 5.82 Å². The minimum atomic E-state index is 0.326. The summed E-state index contributed by atoms with van der Waals surface area (Å²) < 4.78 is 16.7. The highest BCUT2D eigenvalue weighted by Gasteiger charge is 2.13. The summed E-state index contributed by atoms with van der Waals surface area (Å²) in [5, 5.41) is 13.8. The van der Waals surface area contributed by atoms with Crippen LogP contribution in [-0.4, -0.2) is 31.5 Å². The van der Waals surface area contributed by atoms with Crippen molar-refractivity contribution in [1.29, 1.82) is 5.26 Å². The molecule has 158 valence electrons. The Kier molecular flexibility index (Phi) is 8.85. The molecule has 1 aromatic carbocycles. The van der Waals surface area contributed by atoms with Gasteiger partial charge in [0.2, 0.25) is 0 Å². The number of pyridine rings is 1. The van der Waals surface area contributed by atoms with Gasteiger partial charge in [-0.15, -0.1) is 6.58 Å². The molecule has 0 unspecified atom stereocenters. The van der Waals surface area contributed by atoms with Gasteiger partial charge in [0.1, 0.15) is 11.6 Å². The van der Waals surface area contributed by atoms with Crippen LogP contribution in [0.1, 0.15) is 41.8 Å². The fourth-order valence-electron chi connectivity index (χ4n) is 3.02. The van der Waals surface area contributed by atoms with Gasteiger partial charge in [-0.1, -0.05) is 6.08 Å². The molecule has 1 heterocycles. The third-order valence-corrected chi connectivity index (χ3v) is 4.13. The monoisotopic (exact) mass is 408 g/mol. The molecule has 0 aliphatic heterocycles. The van der Waals surface area contributed by atoms with Crippen molar-refractivity contribution in [3.63, 3.8) is 0 Å². The van der Waals surface area contributed by atoms with Crippen LogP contribution in [0.3, 0.4) is 0 Å². The lowest BCUT2D eigenvalue weighted by Gasteiger charge is -2.15. The van der Waals surface area contributed by atoms with Crippen LogP contribution in [0.2, 0.25) is 0 Å². The van der Waals surface area contributed by atoms with E-state index in [1.807, 2.05) is 45.0 Å². The number of methoxy groups -OCH3 is 1. The summed E-state index contributed by atoms with van der Waals surface area (Å²) in [7, 11) is 1.59. The van der Waals surface area contributed by atoms with E-state index >= 15 is 0 Å². The lowest BCUT2D eigenvalue weighted by molar-refractivity contribution is 0.184. The van der Waals surface area contributed by atoms with E-state index in [0.717, 1.165) is 28.1 Å². The van der Waals surface area contributed by atoms with Crippen LogP contribution in [0.25, 0.3) is 0 Å². The summed E-state index contributed by atoms with van der Waals surface area (Å²) >= 11 is 0. The van der Waals surface area contributed by atoms with Crippen molar-refractivity contribution >= 4 is 12.0 Å². The van der Waals surface area contributed by atoms with E-state index in [2.05, 4.69) is 28.2 Å². The molecule has 7 heteroatoms. The van der Waals surface area contributed by atoms with Gasteiger partial charge in [0, 0.05) is 23.9 Å². The summed E-state index contributed by atoms with van der Waals surface area (Å²) in [4.78, 5) is 4.39. The number of hydrazone groups is 1. The molecule has 7 nitrogen and oxygen atoms in total. The standard InChI is InChI=1S/C23H28N4O3/c1-6-9-18-11-17(12-21(29-7-2)22(18)30-8-3)14-25-27-23-20(13-24)19(15-28-5)10-16(4)26-23/h6,10-12,14H,1,7-9,15H2,2-5H3,(H,26,27). The molecular formula is C23H28N4O3. The molecule has 0 spiro atoms. The molecule has 2 rings (SSSR count). The molecule has 0 aliphatic carbocycles. The SMILES string of the molecule is C=CCc1cc(C=NNc2nc(C)cc(COC)c2C#N)cc(OCC)c1OCC. The van der Waals surface area contributed by atoms with Gasteiger partial charge in [-0.3, -0.25) is 5.43 Å². The van der Waals surface area contributed by atoms with E-state index < -0.39 is 0 Å². The number of nitriles is 1. The minimum absolute atomic E-state index is 0.326. The number of benzene rings is 1. The van der Waals surface area contributed by atoms with Crippen LogP contribution in [0, 0.1) is 18.3 Å². The average molecular weight is 409 g/mol. The van der Waals surface area contributed by atoms with E-state index in [9.17, 15) is 5.26 Å². The van der Waals surface area contributed by atoms with Crippen molar-refractivity contribution in [3.8, 4) is 17.6 Å². The second-order valence-electron chi connectivity index (χ2n) is 6.43. The Labute approximate surface area is 178 Å². The molecular weight excluding hydrogens is 380 g/mol. The third kappa shape index (κ3) is 5.82. The first-order valence-corrected chi connectivity index (χ1v) is 9.79. The smallest absolute Gasteiger partial charge is 0.164 e. The van der Waals surface area contributed by atoms with E-state index in [1.165, 1.54) is 0 Å². The van der Waals surface area contributed by atoms with Crippen molar-refractivity contribution in [3.05, 3.63) is 58.8 Å². The minimum Gasteiger partial charge on any atom is -0.490 e. The lowest BCUT2D eigenvalue weighted by atomic mass is 10.1. The van der Waals surface area contributed by atoms with Crippen molar-refractivity contribution in [2.75, 3.05) is 25.7 Å². The van der Waals surface area contributed by atoms with Gasteiger partial charge in [-0.2, -0.15) is 10.4 Å². The number of anilines is 1. The summed E-state index contributed by atoms with van der Waals surface area (Å²) in [5.41, 5.74) is 6.62. The highest BCUT2D eigenvalue weighted by atomic mass is 16.5. The van der Waals surface area contributed by atoms with Crippen LogP contribution in [-0.2, 0) is 17.8 Å². The predicted octanol–water partition coefficient (Wildman–Crippen LogP) is 4.38. The van der Waals surface area contributed by atoms with Gasteiger partial charge in [0.25, 0.3) is 0 Å². The number of ether oxygens (including phenoxy) is 3. The highest BCUT2D eigenvalue weighted by Crippen LogP contribution is 2.33. The van der Waals surface area contributed by atoms with Gasteiger partial charge in [-0.25, -0.2) is 4.98 Å². The molecule has 0 radical (unpaired) electrons. The first-order chi connectivity index (χ1) is 14.6. The number of hydrogen-bond donors (Lipinski definition) is 1. The zero-order chi connectivity index (χ0) is 21.9. The zero-order valence-corrected chi connectivity index (χ0v) is 18.0. The molecule has 0 fully saturated rings. The molecule has 0 atom stereocenters. The molecule has 0 aliphatic rings. The van der Waals surface area contributed by atoms with Gasteiger partial charge < -0.3 is 14.2 Å². The Balaban J connectivity index is 2.36. The third-order valence-electron chi connectivity index (χ3n) is 4.13. The molecule has 0 saturated carbocycles. The van der Waals surface area contributed by atoms with E-state index in [0.29, 0.717) is 43.4 Å². The largest absolute Gasteiger partial charge is 0.490 e. The average Bonchev–Trinajstić information content (AvgIpc) is 2.71. The van der Waals surface area contributed by atoms with Gasteiger partial charge in [0.15, 0.2) is 17.3 Å². The Morgan fingerprint density at radius 2 is 1.97 bits per heavy atom. The van der Waals surface area contributed by atoms with Crippen molar-refractivity contribution in [2.45, 2.75) is 33.8 Å². The second-order valence-corrected chi connectivity index (χ2v) is 6.43. The van der Waals surface area contributed by atoms with Crippen molar-refractivity contribution < 1.29 is 14.2 Å². The van der Waals surface area contributed by atoms with E-state index in [4.69, 9.17) is 14.2 Å². The van der Waals surface area contributed by atoms with Crippen LogP contribution < -0.4 is 14.9 Å². The maximum Gasteiger partial charge on any atom is 0.164 e. The normalized spacial score (nSPS) is 10.6. The Bertz CT molecular complexity index is 948. The number of nitrogens with one attached hydrogen (secondary N) is 1. The number of hydrogen-bond acceptors (Lipinski definition) is 7. The molecule has 0 amide bonds. The first-order valence-electron chi connectivity index (χ1n) is 9.79. The topological polar surface area (TPSA) is 88.8 Å². The van der Waals surface area contributed by atoms with E-state index in [1.54, 1.807) is 13.3 Å². The van der Waals surface area contributed by atoms with Crippen LogP contribution in [0.5, 0.6) is 11.5 Å². The second kappa shape index (κ2) is 11.6. The fourth-order valence-corrected chi connectivity index (χ4v) is 3.02. The fraction of sp³-hybridized carbons (Fsp3) is 0.348. The predicted molar refractivity (Wildman–Crippen MR) is 118 cm³/mol. The van der Waals surface area contributed by atoms with Gasteiger partial charge in [0.05, 0.1) is 26.0 Å². The molecule has 30 heavy (non-hydrogen) atoms. The van der Waals surface area contributed by atoms with Crippen molar-refractivity contribution in [1.82, 2.24) is 4.98 Å². The van der Waals surface area contributed by atoms with Crippen LogP contribution >= 0.6 is 0 Å².